The highest BCUT2D eigenvalue weighted by atomic mass is 19.1. The summed E-state index contributed by atoms with van der Waals surface area (Å²) in [6.45, 7) is 5.27. The van der Waals surface area contributed by atoms with Crippen LogP contribution >= 0.6 is 0 Å². The lowest BCUT2D eigenvalue weighted by molar-refractivity contribution is -0.134. The number of hydrogen-bond donors (Lipinski definition) is 2. The van der Waals surface area contributed by atoms with Gasteiger partial charge in [0.05, 0.1) is 0 Å². The van der Waals surface area contributed by atoms with Crippen LogP contribution in [0.15, 0.2) is 61.2 Å². The Hall–Kier alpha value is -3.25. The van der Waals surface area contributed by atoms with Gasteiger partial charge in [-0.05, 0) is 79.4 Å². The van der Waals surface area contributed by atoms with E-state index in [9.17, 15) is 14.0 Å². The number of fused-ring (bicyclic) bond motifs is 2. The van der Waals surface area contributed by atoms with Crippen molar-refractivity contribution in [1.82, 2.24) is 4.90 Å². The summed E-state index contributed by atoms with van der Waals surface area (Å²) in [4.78, 5) is 21.3. The molecule has 0 radical (unpaired) electrons. The van der Waals surface area contributed by atoms with Crippen LogP contribution in [0.2, 0.25) is 0 Å². The summed E-state index contributed by atoms with van der Waals surface area (Å²) in [6.07, 6.45) is 3.17. The van der Waals surface area contributed by atoms with Gasteiger partial charge in [-0.15, -0.1) is 0 Å². The van der Waals surface area contributed by atoms with Crippen molar-refractivity contribution in [1.29, 1.82) is 0 Å². The van der Waals surface area contributed by atoms with E-state index < -0.39 is 11.9 Å². The molecule has 0 saturated carbocycles. The van der Waals surface area contributed by atoms with E-state index >= 15 is 0 Å². The van der Waals surface area contributed by atoms with Crippen LogP contribution in [0.1, 0.15) is 34.6 Å². The molecule has 0 bridgehead atoms. The summed E-state index contributed by atoms with van der Waals surface area (Å²) in [6, 6.07) is 13.5. The first kappa shape index (κ1) is 23.0. The SMILES string of the molecule is C=C1c2ccccc2CC(CCN(C)C)c2ccc(F)cc21.O=C(O)C=CC(=O)O. The van der Waals surface area contributed by atoms with E-state index in [1.807, 2.05) is 12.1 Å². The Bertz CT molecular complexity index is 949. The van der Waals surface area contributed by atoms with Crippen molar-refractivity contribution < 1.29 is 24.2 Å². The van der Waals surface area contributed by atoms with Crippen molar-refractivity contribution in [3.05, 3.63) is 89.3 Å². The molecule has 2 aromatic carbocycles. The van der Waals surface area contributed by atoms with E-state index in [2.05, 4.69) is 43.8 Å². The molecule has 1 aliphatic rings. The number of benzene rings is 2. The molecule has 1 atom stereocenters. The molecule has 0 fully saturated rings. The van der Waals surface area contributed by atoms with Gasteiger partial charge in [-0.1, -0.05) is 36.9 Å². The maximum absolute atomic E-state index is 13.8. The third-order valence-electron chi connectivity index (χ3n) is 4.88. The Balaban J connectivity index is 0.000000343. The summed E-state index contributed by atoms with van der Waals surface area (Å²) in [5, 5.41) is 15.6. The molecule has 0 aliphatic heterocycles. The van der Waals surface area contributed by atoms with E-state index in [1.54, 1.807) is 12.1 Å². The Labute approximate surface area is 175 Å². The molecule has 6 heteroatoms. The molecular formula is C24H26FNO4. The van der Waals surface area contributed by atoms with Crippen LogP contribution in [-0.4, -0.2) is 47.7 Å². The van der Waals surface area contributed by atoms with E-state index in [1.165, 1.54) is 11.1 Å². The summed E-state index contributed by atoms with van der Waals surface area (Å²) < 4.78 is 13.8. The Morgan fingerprint density at radius 1 is 1.10 bits per heavy atom. The second-order valence-corrected chi connectivity index (χ2v) is 7.37. The molecule has 3 rings (SSSR count). The molecule has 1 aliphatic carbocycles. The second-order valence-electron chi connectivity index (χ2n) is 7.37. The molecular weight excluding hydrogens is 385 g/mol. The van der Waals surface area contributed by atoms with Gasteiger partial charge >= 0.3 is 11.9 Å². The predicted octanol–water partition coefficient (Wildman–Crippen LogP) is 4.19. The molecule has 0 saturated heterocycles. The predicted molar refractivity (Wildman–Crippen MR) is 115 cm³/mol. The fourth-order valence-electron chi connectivity index (χ4n) is 3.47. The van der Waals surface area contributed by atoms with Gasteiger partial charge in [0.2, 0.25) is 0 Å². The van der Waals surface area contributed by atoms with Gasteiger partial charge in [0, 0.05) is 12.2 Å². The molecule has 2 N–H and O–H groups in total. The van der Waals surface area contributed by atoms with E-state index in [4.69, 9.17) is 10.2 Å². The third-order valence-corrected chi connectivity index (χ3v) is 4.88. The molecule has 0 aromatic heterocycles. The topological polar surface area (TPSA) is 77.8 Å². The lowest BCUT2D eigenvalue weighted by Gasteiger charge is -2.20. The van der Waals surface area contributed by atoms with Crippen molar-refractivity contribution in [2.75, 3.05) is 20.6 Å². The lowest BCUT2D eigenvalue weighted by Crippen LogP contribution is -2.17. The van der Waals surface area contributed by atoms with Gasteiger partial charge in [0.25, 0.3) is 0 Å². The van der Waals surface area contributed by atoms with Gasteiger partial charge in [-0.3, -0.25) is 0 Å². The van der Waals surface area contributed by atoms with Crippen LogP contribution in [0, 0.1) is 5.82 Å². The maximum Gasteiger partial charge on any atom is 0.328 e. The van der Waals surface area contributed by atoms with Crippen LogP contribution in [0.5, 0.6) is 0 Å². The third kappa shape index (κ3) is 6.39. The largest absolute Gasteiger partial charge is 0.478 e. The minimum absolute atomic E-state index is 0.189. The molecule has 2 aromatic rings. The lowest BCUT2D eigenvalue weighted by atomic mass is 9.88. The number of aliphatic carboxylic acids is 2. The summed E-state index contributed by atoms with van der Waals surface area (Å²) in [5.41, 5.74) is 5.60. The minimum atomic E-state index is -1.26. The van der Waals surface area contributed by atoms with E-state index in [0.717, 1.165) is 36.1 Å². The van der Waals surface area contributed by atoms with Crippen LogP contribution in [-0.2, 0) is 16.0 Å². The molecule has 0 spiro atoms. The molecule has 158 valence electrons. The van der Waals surface area contributed by atoms with Gasteiger partial charge < -0.3 is 15.1 Å². The Morgan fingerprint density at radius 2 is 1.73 bits per heavy atom. The standard InChI is InChI=1S/C20H22FN.C4H4O4/c1-14-18-7-5-4-6-15(18)12-16(10-11-22(2)3)19-9-8-17(21)13-20(14)19;5-3(6)1-2-4(7)8/h4-9,13,16H,1,10-12H2,2-3H3;1-2H,(H,5,6)(H,7,8). The fraction of sp³-hybridized carbons (Fsp3) is 0.250. The first-order chi connectivity index (χ1) is 14.2. The number of hydrogen-bond acceptors (Lipinski definition) is 3. The van der Waals surface area contributed by atoms with Crippen molar-refractivity contribution >= 4 is 17.5 Å². The van der Waals surface area contributed by atoms with Gasteiger partial charge in [0.1, 0.15) is 5.82 Å². The molecule has 1 unspecified atom stereocenters. The van der Waals surface area contributed by atoms with Crippen LogP contribution in [0.4, 0.5) is 4.39 Å². The van der Waals surface area contributed by atoms with E-state index in [0.29, 0.717) is 18.1 Å². The van der Waals surface area contributed by atoms with E-state index in [-0.39, 0.29) is 5.82 Å². The average Bonchev–Trinajstić information content (AvgIpc) is 2.80. The van der Waals surface area contributed by atoms with Crippen LogP contribution in [0.3, 0.4) is 0 Å². The number of rotatable bonds is 5. The van der Waals surface area contributed by atoms with Crippen LogP contribution in [0.25, 0.3) is 5.57 Å². The highest BCUT2D eigenvalue weighted by Gasteiger charge is 2.24. The second kappa shape index (κ2) is 10.5. The highest BCUT2D eigenvalue weighted by Crippen LogP contribution is 2.39. The quantitative estimate of drug-likeness (QED) is 0.722. The Kier molecular flexibility index (Phi) is 8.07. The first-order valence-corrected chi connectivity index (χ1v) is 9.54. The van der Waals surface area contributed by atoms with Gasteiger partial charge in [-0.2, -0.15) is 0 Å². The van der Waals surface area contributed by atoms with Gasteiger partial charge in [-0.25, -0.2) is 14.0 Å². The number of halogens is 1. The highest BCUT2D eigenvalue weighted by molar-refractivity contribution is 5.89. The van der Waals surface area contributed by atoms with Crippen molar-refractivity contribution in [2.24, 2.45) is 0 Å². The monoisotopic (exact) mass is 411 g/mol. The fourth-order valence-corrected chi connectivity index (χ4v) is 3.47. The molecule has 30 heavy (non-hydrogen) atoms. The average molecular weight is 411 g/mol. The van der Waals surface area contributed by atoms with Crippen molar-refractivity contribution in [3.63, 3.8) is 0 Å². The number of carboxylic acid groups (broad SMARTS) is 2. The molecule has 0 amide bonds. The molecule has 0 heterocycles. The zero-order valence-corrected chi connectivity index (χ0v) is 17.1. The van der Waals surface area contributed by atoms with Crippen molar-refractivity contribution in [2.45, 2.75) is 18.8 Å². The minimum Gasteiger partial charge on any atom is -0.478 e. The van der Waals surface area contributed by atoms with Crippen LogP contribution < -0.4 is 0 Å². The molecule has 5 nitrogen and oxygen atoms in total. The first-order valence-electron chi connectivity index (χ1n) is 9.54. The summed E-state index contributed by atoms with van der Waals surface area (Å²) in [5.74, 6) is -2.30. The zero-order valence-electron chi connectivity index (χ0n) is 17.1. The number of carbonyl (C=O) groups is 2. The number of carboxylic acids is 2. The van der Waals surface area contributed by atoms with Gasteiger partial charge in [0.15, 0.2) is 0 Å². The normalized spacial score (nSPS) is 15.1. The maximum atomic E-state index is 13.8. The number of nitrogens with zero attached hydrogens (tertiary/aromatic N) is 1. The smallest absolute Gasteiger partial charge is 0.328 e. The summed E-state index contributed by atoms with van der Waals surface area (Å²) >= 11 is 0. The zero-order chi connectivity index (χ0) is 22.3. The summed E-state index contributed by atoms with van der Waals surface area (Å²) in [7, 11) is 4.18. The van der Waals surface area contributed by atoms with Crippen molar-refractivity contribution in [3.8, 4) is 0 Å². The Morgan fingerprint density at radius 3 is 2.33 bits per heavy atom.